The van der Waals surface area contributed by atoms with Crippen LogP contribution >= 0.6 is 11.3 Å². The summed E-state index contributed by atoms with van der Waals surface area (Å²) in [6, 6.07) is 58.7. The predicted molar refractivity (Wildman–Crippen MR) is 203 cm³/mol. The van der Waals surface area contributed by atoms with Crippen molar-refractivity contribution in [1.29, 1.82) is 0 Å². The van der Waals surface area contributed by atoms with Crippen LogP contribution in [0.15, 0.2) is 170 Å². The number of hydrogen-bond donors (Lipinski definition) is 0. The zero-order chi connectivity index (χ0) is 32.6. The maximum absolute atomic E-state index is 5.03. The monoisotopic (exact) mass is 644 g/mol. The Morgan fingerprint density at radius 3 is 1.57 bits per heavy atom. The Kier molecular flexibility index (Phi) is 7.30. The van der Waals surface area contributed by atoms with Gasteiger partial charge in [0.25, 0.3) is 0 Å². The average molecular weight is 645 g/mol. The van der Waals surface area contributed by atoms with Crippen LogP contribution in [0.5, 0.6) is 0 Å². The lowest BCUT2D eigenvalue weighted by Crippen LogP contribution is -2.01. The summed E-state index contributed by atoms with van der Waals surface area (Å²) in [7, 11) is 0. The minimum atomic E-state index is 0.640. The Morgan fingerprint density at radius 1 is 0.347 bits per heavy atom. The Bertz CT molecular complexity index is 2540. The van der Waals surface area contributed by atoms with Crippen molar-refractivity contribution in [3.8, 4) is 67.0 Å². The summed E-state index contributed by atoms with van der Waals surface area (Å²) < 4.78 is 1.21. The van der Waals surface area contributed by atoms with E-state index in [1.807, 2.05) is 72.8 Å². The molecule has 230 valence electrons. The fraction of sp³-hybridized carbons (Fsp3) is 0. The summed E-state index contributed by atoms with van der Waals surface area (Å²) in [4.78, 5) is 19.9. The second-order valence-electron chi connectivity index (χ2n) is 11.9. The van der Waals surface area contributed by atoms with Gasteiger partial charge in [-0.2, -0.15) is 0 Å². The average Bonchev–Trinajstić information content (AvgIpc) is 3.64. The molecule has 0 saturated carbocycles. The molecule has 0 saturated heterocycles. The second-order valence-corrected chi connectivity index (χ2v) is 12.9. The van der Waals surface area contributed by atoms with Crippen LogP contribution in [0.4, 0.5) is 0 Å². The molecule has 0 bridgehead atoms. The molecule has 49 heavy (non-hydrogen) atoms. The largest absolute Gasteiger partial charge is 0.236 e. The molecule has 0 N–H and O–H groups in total. The van der Waals surface area contributed by atoms with Gasteiger partial charge in [0.1, 0.15) is 5.01 Å². The fourth-order valence-electron chi connectivity index (χ4n) is 6.31. The first-order valence-corrected chi connectivity index (χ1v) is 17.0. The number of aromatic nitrogens is 4. The van der Waals surface area contributed by atoms with E-state index < -0.39 is 0 Å². The van der Waals surface area contributed by atoms with E-state index >= 15 is 0 Å². The third-order valence-corrected chi connectivity index (χ3v) is 9.92. The van der Waals surface area contributed by atoms with Crippen molar-refractivity contribution in [3.05, 3.63) is 170 Å². The first-order valence-electron chi connectivity index (χ1n) is 16.2. The lowest BCUT2D eigenvalue weighted by Gasteiger charge is -2.13. The normalized spacial score (nSPS) is 11.3. The van der Waals surface area contributed by atoms with Crippen molar-refractivity contribution >= 4 is 32.3 Å². The highest BCUT2D eigenvalue weighted by molar-refractivity contribution is 7.22. The molecular weight excluding hydrogens is 617 g/mol. The van der Waals surface area contributed by atoms with Crippen molar-refractivity contribution in [3.63, 3.8) is 0 Å². The Hall–Kier alpha value is -6.30. The van der Waals surface area contributed by atoms with Crippen LogP contribution in [-0.4, -0.2) is 19.9 Å². The molecule has 2 aromatic heterocycles. The van der Waals surface area contributed by atoms with Crippen LogP contribution in [0.3, 0.4) is 0 Å². The van der Waals surface area contributed by atoms with E-state index in [1.165, 1.54) is 15.5 Å². The Balaban J connectivity index is 1.15. The summed E-state index contributed by atoms with van der Waals surface area (Å²) in [6.45, 7) is 0. The van der Waals surface area contributed by atoms with Crippen LogP contribution < -0.4 is 0 Å². The van der Waals surface area contributed by atoms with Crippen LogP contribution in [0.2, 0.25) is 0 Å². The van der Waals surface area contributed by atoms with Crippen LogP contribution in [0, 0.1) is 0 Å². The Morgan fingerprint density at radius 2 is 0.878 bits per heavy atom. The van der Waals surface area contributed by atoms with E-state index in [4.69, 9.17) is 19.9 Å². The second kappa shape index (κ2) is 12.4. The van der Waals surface area contributed by atoms with Crippen molar-refractivity contribution in [2.75, 3.05) is 0 Å². The minimum Gasteiger partial charge on any atom is -0.236 e. The number of rotatable bonds is 6. The van der Waals surface area contributed by atoms with Crippen molar-refractivity contribution in [2.45, 2.75) is 0 Å². The molecule has 0 fully saturated rings. The number of benzene rings is 7. The number of fused-ring (bicyclic) bond motifs is 3. The van der Waals surface area contributed by atoms with Crippen molar-refractivity contribution < 1.29 is 0 Å². The highest BCUT2D eigenvalue weighted by atomic mass is 32.1. The van der Waals surface area contributed by atoms with E-state index in [-0.39, 0.29) is 0 Å². The van der Waals surface area contributed by atoms with Crippen LogP contribution in [0.25, 0.3) is 88.0 Å². The summed E-state index contributed by atoms with van der Waals surface area (Å²) in [5.41, 5.74) is 9.48. The minimum absolute atomic E-state index is 0.640. The zero-order valence-electron chi connectivity index (χ0n) is 26.4. The van der Waals surface area contributed by atoms with Gasteiger partial charge in [-0.05, 0) is 45.8 Å². The van der Waals surface area contributed by atoms with E-state index in [0.29, 0.717) is 17.5 Å². The van der Waals surface area contributed by atoms with E-state index in [2.05, 4.69) is 97.1 Å². The topological polar surface area (TPSA) is 51.6 Å². The van der Waals surface area contributed by atoms with Crippen LogP contribution in [0.1, 0.15) is 0 Å². The first-order chi connectivity index (χ1) is 24.3. The molecule has 0 amide bonds. The van der Waals surface area contributed by atoms with Crippen molar-refractivity contribution in [1.82, 2.24) is 19.9 Å². The molecule has 2 heterocycles. The molecule has 9 rings (SSSR count). The maximum Gasteiger partial charge on any atom is 0.164 e. The molecule has 0 atom stereocenters. The quantitative estimate of drug-likeness (QED) is 0.181. The molecule has 7 aromatic carbocycles. The third-order valence-electron chi connectivity index (χ3n) is 8.77. The van der Waals surface area contributed by atoms with Gasteiger partial charge in [0.05, 0.1) is 10.2 Å². The summed E-state index contributed by atoms with van der Waals surface area (Å²) in [5, 5.41) is 3.46. The molecule has 9 aromatic rings. The summed E-state index contributed by atoms with van der Waals surface area (Å²) in [6.07, 6.45) is 0. The van der Waals surface area contributed by atoms with Gasteiger partial charge in [-0.1, -0.05) is 152 Å². The SMILES string of the molecule is c1ccc(-c2nc(-c3ccccc3)nc(-c3ccccc3-c3cccc(-c4ccc5ccc6nc(-c7ccccc7)sc6c5c4)c3)n2)cc1. The maximum atomic E-state index is 5.03. The van der Waals surface area contributed by atoms with Gasteiger partial charge in [0.2, 0.25) is 0 Å². The van der Waals surface area contributed by atoms with Gasteiger partial charge in [-0.15, -0.1) is 11.3 Å². The Labute approximate surface area is 288 Å². The molecule has 0 spiro atoms. The molecule has 5 heteroatoms. The van der Waals surface area contributed by atoms with Gasteiger partial charge in [-0.3, -0.25) is 0 Å². The van der Waals surface area contributed by atoms with Gasteiger partial charge in [-0.25, -0.2) is 19.9 Å². The smallest absolute Gasteiger partial charge is 0.164 e. The molecule has 0 aliphatic rings. The molecule has 4 nitrogen and oxygen atoms in total. The lowest BCUT2D eigenvalue weighted by atomic mass is 9.94. The number of thiazole rings is 1. The number of hydrogen-bond acceptors (Lipinski definition) is 5. The van der Waals surface area contributed by atoms with Gasteiger partial charge in [0.15, 0.2) is 17.5 Å². The lowest BCUT2D eigenvalue weighted by molar-refractivity contribution is 1.07. The van der Waals surface area contributed by atoms with E-state index in [9.17, 15) is 0 Å². The fourth-order valence-corrected chi connectivity index (χ4v) is 7.41. The highest BCUT2D eigenvalue weighted by Gasteiger charge is 2.16. The first kappa shape index (κ1) is 28.9. The molecule has 0 unspecified atom stereocenters. The number of nitrogens with zero attached hydrogens (tertiary/aromatic N) is 4. The standard InChI is InChI=1S/C44H28N4S/c1-4-13-30(14-5-1)41-46-42(31-15-6-2-7-16-31)48-43(47-41)37-22-11-10-21-36(37)35-20-12-19-33(27-35)34-24-23-29-25-26-39-40(38(29)28-34)49-44(45-39)32-17-8-3-9-18-32/h1-28H. The molecular formula is C44H28N4S. The molecule has 0 aliphatic carbocycles. The summed E-state index contributed by atoms with van der Waals surface area (Å²) in [5.74, 6) is 1.93. The summed E-state index contributed by atoms with van der Waals surface area (Å²) >= 11 is 1.75. The van der Waals surface area contributed by atoms with Gasteiger partial charge >= 0.3 is 0 Å². The van der Waals surface area contributed by atoms with E-state index in [0.717, 1.165) is 55.0 Å². The molecule has 0 aliphatic heterocycles. The van der Waals surface area contributed by atoms with Crippen molar-refractivity contribution in [2.24, 2.45) is 0 Å². The highest BCUT2D eigenvalue weighted by Crippen LogP contribution is 2.38. The van der Waals surface area contributed by atoms with E-state index in [1.54, 1.807) is 11.3 Å². The zero-order valence-corrected chi connectivity index (χ0v) is 27.2. The van der Waals surface area contributed by atoms with Gasteiger partial charge in [0, 0.05) is 27.6 Å². The molecule has 0 radical (unpaired) electrons. The third kappa shape index (κ3) is 5.56. The predicted octanol–water partition coefficient (Wildman–Crippen LogP) is 11.6. The van der Waals surface area contributed by atoms with Crippen LogP contribution in [-0.2, 0) is 0 Å². The van der Waals surface area contributed by atoms with Gasteiger partial charge < -0.3 is 0 Å².